The second-order valence-corrected chi connectivity index (χ2v) is 6.62. The second kappa shape index (κ2) is 9.86. The van der Waals surface area contributed by atoms with Crippen LogP contribution in [0.25, 0.3) is 0 Å². The van der Waals surface area contributed by atoms with E-state index in [1.54, 1.807) is 14.2 Å². The van der Waals surface area contributed by atoms with E-state index < -0.39 is 0 Å². The van der Waals surface area contributed by atoms with Crippen LogP contribution in [0.3, 0.4) is 0 Å². The maximum absolute atomic E-state index is 12.4. The molecule has 2 aromatic carbocycles. The third-order valence-electron chi connectivity index (χ3n) is 4.45. The number of ether oxygens (including phenoxy) is 3. The fraction of sp³-hybridized carbons (Fsp3) is 0.409. The third-order valence-corrected chi connectivity index (χ3v) is 4.45. The zero-order valence-corrected chi connectivity index (χ0v) is 16.7. The summed E-state index contributed by atoms with van der Waals surface area (Å²) < 4.78 is 16.4. The van der Waals surface area contributed by atoms with Gasteiger partial charge in [-0.05, 0) is 41.7 Å². The summed E-state index contributed by atoms with van der Waals surface area (Å²) in [5.41, 5.74) is 2.06. The van der Waals surface area contributed by atoms with E-state index in [1.165, 1.54) is 0 Å². The highest BCUT2D eigenvalue weighted by Gasteiger charge is 2.16. The molecule has 0 aliphatic carbocycles. The lowest BCUT2D eigenvalue weighted by Gasteiger charge is -2.20. The van der Waals surface area contributed by atoms with E-state index in [0.717, 1.165) is 23.3 Å². The van der Waals surface area contributed by atoms with E-state index in [0.29, 0.717) is 17.4 Å². The number of methoxy groups -OCH3 is 2. The average Bonchev–Trinajstić information content (AvgIpc) is 2.70. The van der Waals surface area contributed by atoms with Crippen molar-refractivity contribution < 1.29 is 19.0 Å². The molecule has 0 bridgehead atoms. The number of nitrogens with one attached hydrogen (secondary N) is 1. The molecule has 5 nitrogen and oxygen atoms in total. The molecular weight excluding hydrogens is 342 g/mol. The van der Waals surface area contributed by atoms with E-state index in [4.69, 9.17) is 14.2 Å². The summed E-state index contributed by atoms with van der Waals surface area (Å²) in [6.45, 7) is 6.21. The molecule has 2 aromatic rings. The Bertz CT molecular complexity index is 758. The lowest BCUT2D eigenvalue weighted by molar-refractivity contribution is -0.123. The van der Waals surface area contributed by atoms with E-state index >= 15 is 0 Å². The Balaban J connectivity index is 2.03. The van der Waals surface area contributed by atoms with Crippen LogP contribution in [0.15, 0.2) is 42.5 Å². The molecule has 0 spiro atoms. The molecule has 0 saturated heterocycles. The fourth-order valence-corrected chi connectivity index (χ4v) is 2.96. The van der Waals surface area contributed by atoms with Gasteiger partial charge in [-0.2, -0.15) is 0 Å². The highest BCUT2D eigenvalue weighted by atomic mass is 16.5. The summed E-state index contributed by atoms with van der Waals surface area (Å²) in [5, 5.41) is 3.03. The van der Waals surface area contributed by atoms with Crippen LogP contribution >= 0.6 is 0 Å². The van der Waals surface area contributed by atoms with Gasteiger partial charge in [0.05, 0.1) is 20.3 Å². The number of hydrogen-bond acceptors (Lipinski definition) is 4. The Kier molecular flexibility index (Phi) is 7.53. The Morgan fingerprint density at radius 1 is 1.00 bits per heavy atom. The Labute approximate surface area is 161 Å². The number of carbonyl (C=O) groups excluding carboxylic acids is 1. The van der Waals surface area contributed by atoms with Crippen LogP contribution < -0.4 is 19.5 Å². The molecule has 0 unspecified atom stereocenters. The number of benzene rings is 2. The monoisotopic (exact) mass is 371 g/mol. The molecule has 0 aliphatic heterocycles. The van der Waals surface area contributed by atoms with Gasteiger partial charge in [0.25, 0.3) is 5.91 Å². The molecule has 5 heteroatoms. The molecule has 2 rings (SSSR count). The first-order valence-electron chi connectivity index (χ1n) is 9.23. The largest absolute Gasteiger partial charge is 0.493 e. The van der Waals surface area contributed by atoms with Crippen LogP contribution in [-0.4, -0.2) is 26.7 Å². The van der Waals surface area contributed by atoms with Gasteiger partial charge in [0.1, 0.15) is 5.75 Å². The molecule has 0 radical (unpaired) electrons. The molecule has 27 heavy (non-hydrogen) atoms. The number of carbonyl (C=O) groups is 1. The lowest BCUT2D eigenvalue weighted by Crippen LogP contribution is -2.32. The standard InChI is InChI=1S/C22H29NO4/c1-6-18(16-11-12-20(25-4)21(13-16)26-5)23-22(24)14-27-19-10-8-7-9-17(19)15(2)3/h7-13,15,18H,6,14H2,1-5H3,(H,23,24)/t18-/m0/s1. The van der Waals surface area contributed by atoms with Gasteiger partial charge in [-0.1, -0.05) is 45.0 Å². The molecule has 1 atom stereocenters. The van der Waals surface area contributed by atoms with E-state index in [-0.39, 0.29) is 18.6 Å². The second-order valence-electron chi connectivity index (χ2n) is 6.62. The van der Waals surface area contributed by atoms with E-state index in [9.17, 15) is 4.79 Å². The SMILES string of the molecule is CC[C@H](NC(=O)COc1ccccc1C(C)C)c1ccc(OC)c(OC)c1. The van der Waals surface area contributed by atoms with Crippen molar-refractivity contribution >= 4 is 5.91 Å². The highest BCUT2D eigenvalue weighted by molar-refractivity contribution is 5.78. The predicted octanol–water partition coefficient (Wildman–Crippen LogP) is 4.47. The summed E-state index contributed by atoms with van der Waals surface area (Å²) in [6.07, 6.45) is 0.754. The molecule has 146 valence electrons. The molecule has 1 N–H and O–H groups in total. The van der Waals surface area contributed by atoms with Crippen molar-refractivity contribution in [2.24, 2.45) is 0 Å². The number of amides is 1. The maximum atomic E-state index is 12.4. The summed E-state index contributed by atoms with van der Waals surface area (Å²) in [4.78, 5) is 12.4. The number of hydrogen-bond donors (Lipinski definition) is 1. The van der Waals surface area contributed by atoms with Crippen molar-refractivity contribution in [1.82, 2.24) is 5.32 Å². The fourth-order valence-electron chi connectivity index (χ4n) is 2.96. The van der Waals surface area contributed by atoms with Gasteiger partial charge in [-0.15, -0.1) is 0 Å². The van der Waals surface area contributed by atoms with Crippen LogP contribution in [-0.2, 0) is 4.79 Å². The Morgan fingerprint density at radius 2 is 1.70 bits per heavy atom. The molecule has 0 heterocycles. The van der Waals surface area contributed by atoms with Crippen LogP contribution in [0.2, 0.25) is 0 Å². The van der Waals surface area contributed by atoms with Crippen LogP contribution in [0.1, 0.15) is 50.3 Å². The van der Waals surface area contributed by atoms with Crippen molar-refractivity contribution in [3.8, 4) is 17.2 Å². The van der Waals surface area contributed by atoms with Crippen molar-refractivity contribution in [3.05, 3.63) is 53.6 Å². The summed E-state index contributed by atoms with van der Waals surface area (Å²) in [5.74, 6) is 2.23. The predicted molar refractivity (Wildman–Crippen MR) is 107 cm³/mol. The van der Waals surface area contributed by atoms with Crippen molar-refractivity contribution in [3.63, 3.8) is 0 Å². The van der Waals surface area contributed by atoms with Crippen LogP contribution in [0.5, 0.6) is 17.2 Å². The van der Waals surface area contributed by atoms with Gasteiger partial charge in [0, 0.05) is 0 Å². The van der Waals surface area contributed by atoms with Crippen LogP contribution in [0, 0.1) is 0 Å². The number of para-hydroxylation sites is 1. The van der Waals surface area contributed by atoms with Gasteiger partial charge in [0.15, 0.2) is 18.1 Å². The smallest absolute Gasteiger partial charge is 0.258 e. The lowest BCUT2D eigenvalue weighted by atomic mass is 10.0. The van der Waals surface area contributed by atoms with E-state index in [1.807, 2.05) is 49.4 Å². The summed E-state index contributed by atoms with van der Waals surface area (Å²) in [6, 6.07) is 13.4. The van der Waals surface area contributed by atoms with Crippen molar-refractivity contribution in [2.75, 3.05) is 20.8 Å². The first-order valence-corrected chi connectivity index (χ1v) is 9.23. The molecular formula is C22H29NO4. The minimum atomic E-state index is -0.157. The first-order chi connectivity index (χ1) is 13.0. The minimum absolute atomic E-state index is 0.0203. The minimum Gasteiger partial charge on any atom is -0.493 e. The molecule has 1 amide bonds. The first kappa shape index (κ1) is 20.6. The van der Waals surface area contributed by atoms with Crippen LogP contribution in [0.4, 0.5) is 0 Å². The normalized spacial score (nSPS) is 11.8. The maximum Gasteiger partial charge on any atom is 0.258 e. The topological polar surface area (TPSA) is 56.8 Å². The average molecular weight is 371 g/mol. The Morgan fingerprint density at radius 3 is 2.33 bits per heavy atom. The van der Waals surface area contributed by atoms with Gasteiger partial charge in [0.2, 0.25) is 0 Å². The van der Waals surface area contributed by atoms with Gasteiger partial charge in [-0.3, -0.25) is 4.79 Å². The van der Waals surface area contributed by atoms with E-state index in [2.05, 4.69) is 19.2 Å². The number of rotatable bonds is 9. The van der Waals surface area contributed by atoms with Crippen molar-refractivity contribution in [2.45, 2.75) is 39.2 Å². The molecule has 0 saturated carbocycles. The van der Waals surface area contributed by atoms with Gasteiger partial charge >= 0.3 is 0 Å². The highest BCUT2D eigenvalue weighted by Crippen LogP contribution is 2.31. The van der Waals surface area contributed by atoms with Crippen molar-refractivity contribution in [1.29, 1.82) is 0 Å². The zero-order chi connectivity index (χ0) is 19.8. The quantitative estimate of drug-likeness (QED) is 0.706. The summed E-state index contributed by atoms with van der Waals surface area (Å²) >= 11 is 0. The zero-order valence-electron chi connectivity index (χ0n) is 16.7. The molecule has 0 aromatic heterocycles. The molecule has 0 fully saturated rings. The Hall–Kier alpha value is -2.69. The van der Waals surface area contributed by atoms with Gasteiger partial charge < -0.3 is 19.5 Å². The molecule has 0 aliphatic rings. The van der Waals surface area contributed by atoms with Gasteiger partial charge in [-0.25, -0.2) is 0 Å². The summed E-state index contributed by atoms with van der Waals surface area (Å²) in [7, 11) is 3.20. The third kappa shape index (κ3) is 5.39.